The van der Waals surface area contributed by atoms with Gasteiger partial charge in [0.1, 0.15) is 46.3 Å². The number of hydrogen-bond donors (Lipinski definition) is 6. The Labute approximate surface area is 854 Å². The fourth-order valence-corrected chi connectivity index (χ4v) is 18.5. The maximum atomic E-state index is 13.4. The number of guanidine groups is 5. The van der Waals surface area contributed by atoms with Gasteiger partial charge in [-0.25, -0.2) is 83.8 Å². The number of rotatable bonds is 20. The summed E-state index contributed by atoms with van der Waals surface area (Å²) in [6, 6.07) is 41.1. The number of benzene rings is 5. The number of oxazole rings is 1. The molecule has 11 N–H and O–H groups in total. The highest BCUT2D eigenvalue weighted by atomic mass is 35.5. The van der Waals surface area contributed by atoms with Gasteiger partial charge in [0.25, 0.3) is 61.7 Å². The minimum atomic E-state index is -2.81. The van der Waals surface area contributed by atoms with Gasteiger partial charge in [-0.3, -0.25) is 83.5 Å². The summed E-state index contributed by atoms with van der Waals surface area (Å²) in [6.07, 6.45) is 2.70. The van der Waals surface area contributed by atoms with E-state index in [4.69, 9.17) is 95.6 Å². The number of nitrogens with two attached hydrogens (primary N) is 5. The van der Waals surface area contributed by atoms with Crippen LogP contribution in [0.2, 0.25) is 25.1 Å². The lowest BCUT2D eigenvalue weighted by Crippen LogP contribution is -2.41. The lowest BCUT2D eigenvalue weighted by atomic mass is 9.82. The number of nitrogens with zero attached hydrogens (tertiary/aromatic N) is 21. The standard InChI is InChI=1S/C21H17ClF2N6O.C19H15ClF2N6O.2C19H14ClF2N5O2.C19H14ClF2N5OS/c1-11-27-9-13(10-28-11)12-5-15(7-16(22)6-12)21(19(31)30(2)20(25)29-21)14-3-4-26-17(8-14)18(23)24;1-28-17(29)19(26-18(28)23,11-2-4-24-15(9-11)16(21)22)12-6-10(7-13(20)8-12)14-3-5-25-27-14;1-27-17(28)19(25-18(27)23,11-2-4-24-15(9-11)16(21)22)12-6-10(7-13(20)8-12)14-3-5-29-26-14;2*1-27-17(28)19(26-18(27)23,11-2-3-25-14(7-11)16(21)22)12-4-10(5-13(20)6-12)15-8-24-9-29-15/h3-10,18H,1-2H3,(H2,25,29);2-9,16H,1H3,(H2,23,26)(H,25,27);2-9,16H,1H3,(H2,23,25);2*2-9,16H,1H3,(H2,23,26). The molecule has 10 aromatic heterocycles. The molecule has 5 aliphatic rings. The van der Waals surface area contributed by atoms with Crippen LogP contribution in [0, 0.1) is 6.92 Å². The molecule has 147 heavy (non-hydrogen) atoms. The Kier molecular flexibility index (Phi) is 29.4. The number of carbonyl (C=O) groups excluding carboxylic acids is 5. The van der Waals surface area contributed by atoms with E-state index in [0.717, 1.165) is 39.6 Å². The molecule has 0 aliphatic carbocycles. The maximum absolute atomic E-state index is 13.4. The van der Waals surface area contributed by atoms with Crippen LogP contribution in [-0.2, 0) is 51.7 Å². The Morgan fingerprint density at radius 1 is 0.340 bits per heavy atom. The fraction of sp³-hybridized carbons (Fsp3) is 0.165. The van der Waals surface area contributed by atoms with Gasteiger partial charge < -0.3 is 37.6 Å². The first-order valence-electron chi connectivity index (χ1n) is 43.0. The van der Waals surface area contributed by atoms with E-state index in [1.165, 1.54) is 158 Å². The van der Waals surface area contributed by atoms with Crippen LogP contribution in [0.4, 0.5) is 43.9 Å². The first kappa shape index (κ1) is 104. The van der Waals surface area contributed by atoms with Crippen molar-refractivity contribution in [3.05, 3.63) is 359 Å². The molecule has 5 atom stereocenters. The molecule has 0 radical (unpaired) electrons. The van der Waals surface area contributed by atoms with Crippen LogP contribution in [0.5, 0.6) is 0 Å². The summed E-state index contributed by atoms with van der Waals surface area (Å²) in [4.78, 5) is 130. The molecule has 0 saturated carbocycles. The third-order valence-corrected chi connectivity index (χ3v) is 25.9. The predicted molar refractivity (Wildman–Crippen MR) is 525 cm³/mol. The molecule has 0 bridgehead atoms. The monoisotopic (exact) mass is 2130 g/mol. The number of thiazole rings is 1. The second-order valence-electron chi connectivity index (χ2n) is 32.8. The largest absolute Gasteiger partial charge is 0.444 e. The van der Waals surface area contributed by atoms with Gasteiger partial charge in [-0.1, -0.05) is 63.2 Å². The number of likely N-dealkylation sites (N-methyl/N-ethyl adjacent to an activating group) is 5. The highest BCUT2D eigenvalue weighted by Gasteiger charge is 2.56. The molecule has 5 unspecified atom stereocenters. The lowest BCUT2D eigenvalue weighted by Gasteiger charge is -2.27. The Hall–Kier alpha value is -16.4. The van der Waals surface area contributed by atoms with Crippen molar-refractivity contribution < 1.29 is 76.8 Å². The van der Waals surface area contributed by atoms with Crippen molar-refractivity contribution in [1.29, 1.82) is 0 Å². The number of H-pyrrole nitrogens is 1. The molecular formula is C97H74Cl5F10N27O7S. The molecule has 5 amide bonds. The summed E-state index contributed by atoms with van der Waals surface area (Å²) in [5, 5.41) is 12.3. The van der Waals surface area contributed by atoms with Crippen LogP contribution in [0.25, 0.3) is 55.4 Å². The minimum Gasteiger partial charge on any atom is -0.444 e. The summed E-state index contributed by atoms with van der Waals surface area (Å²) in [5.41, 5.74) is 28.5. The second kappa shape index (κ2) is 41.8. The molecule has 15 heterocycles. The summed E-state index contributed by atoms with van der Waals surface area (Å²) in [5.74, 6) is -1.64. The highest BCUT2D eigenvalue weighted by Crippen LogP contribution is 2.50. The summed E-state index contributed by atoms with van der Waals surface area (Å²) < 4.78 is 143. The maximum Gasteiger partial charge on any atom is 0.280 e. The van der Waals surface area contributed by atoms with E-state index in [1.54, 1.807) is 134 Å². The number of hydrogen-bond acceptors (Lipinski definition) is 29. The van der Waals surface area contributed by atoms with Gasteiger partial charge in [0.15, 0.2) is 69.6 Å². The first-order chi connectivity index (χ1) is 70.0. The Balaban J connectivity index is 0.000000131. The minimum absolute atomic E-state index is 0.0234. The van der Waals surface area contributed by atoms with Gasteiger partial charge in [-0.05, 0) is 231 Å². The van der Waals surface area contributed by atoms with Crippen LogP contribution in [0.15, 0.2) is 278 Å². The van der Waals surface area contributed by atoms with Crippen LogP contribution in [-0.4, -0.2) is 179 Å². The topological polar surface area (TPSA) is 477 Å². The summed E-state index contributed by atoms with van der Waals surface area (Å²) in [7, 11) is 7.34. The quantitative estimate of drug-likeness (QED) is 0.0386. The number of carbonyl (C=O) groups is 5. The van der Waals surface area contributed by atoms with E-state index in [0.29, 0.717) is 104 Å². The van der Waals surface area contributed by atoms with Crippen molar-refractivity contribution in [3.8, 4) is 55.4 Å². The van der Waals surface area contributed by atoms with Crippen molar-refractivity contribution in [2.75, 3.05) is 35.2 Å². The number of pyridine rings is 5. The smallest absolute Gasteiger partial charge is 0.280 e. The number of aryl methyl sites for hydroxylation is 1. The van der Waals surface area contributed by atoms with Crippen LogP contribution >= 0.6 is 69.3 Å². The fourth-order valence-electron chi connectivity index (χ4n) is 16.7. The van der Waals surface area contributed by atoms with Gasteiger partial charge in [-0.15, -0.1) is 11.3 Å². The van der Waals surface area contributed by atoms with E-state index in [-0.39, 0.29) is 57.6 Å². The molecule has 0 spiro atoms. The molecule has 15 aromatic rings. The Morgan fingerprint density at radius 3 is 0.946 bits per heavy atom. The SMILES string of the molecule is CN1C(=O)C(c2cc(Cl)cc(-c3ccn[nH]3)c2)(c2ccnc(C(F)F)c2)N=C1N.CN1C(=O)C(c2cc(Cl)cc(-c3ccon3)c2)(c2ccnc(C(F)F)c2)N=C1N.CN1C(=O)C(c2cc(Cl)cc(-c3cnco3)c2)(c2ccnc(C(F)F)c2)N=C1N.CN1C(=O)C(c2cc(Cl)cc(-c3cncs3)c2)(c2ccnc(C(F)F)c2)N=C1N.Cc1ncc(-c2cc(Cl)cc(C3(c4ccnc(C(F)F)c4)N=C(N)N(C)C3=O)c2)cn1. The zero-order valence-corrected chi connectivity index (χ0v) is 81.3. The molecule has 0 fully saturated rings. The molecular weight excluding hydrogens is 2050 g/mol. The first-order valence-corrected chi connectivity index (χ1v) is 45.7. The molecule has 0 saturated heterocycles. The summed E-state index contributed by atoms with van der Waals surface area (Å²) >= 11 is 33.1. The average molecular weight is 2130 g/mol. The third-order valence-electron chi connectivity index (χ3n) is 24.0. The second-order valence-corrected chi connectivity index (χ2v) is 35.9. The van der Waals surface area contributed by atoms with Gasteiger partial charge in [0.05, 0.1) is 22.3 Å². The molecule has 5 aliphatic heterocycles. The van der Waals surface area contributed by atoms with E-state index < -0.39 is 118 Å². The number of aromatic amines is 1. The average Bonchev–Trinajstić information content (AvgIpc) is 1.63. The van der Waals surface area contributed by atoms with Crippen LogP contribution in [0.3, 0.4) is 0 Å². The Morgan fingerprint density at radius 2 is 0.653 bits per heavy atom. The summed E-state index contributed by atoms with van der Waals surface area (Å²) in [6.45, 7) is 1.76. The molecule has 750 valence electrons. The number of halogens is 15. The third kappa shape index (κ3) is 19.8. The van der Waals surface area contributed by atoms with Crippen LogP contribution < -0.4 is 28.7 Å². The number of amides is 5. The number of alkyl halides is 10. The van der Waals surface area contributed by atoms with Gasteiger partial charge in [0, 0.05) is 144 Å². The zero-order chi connectivity index (χ0) is 105. The molecule has 5 aromatic carbocycles. The van der Waals surface area contributed by atoms with Crippen molar-refractivity contribution >= 4 is 129 Å². The molecule has 34 nitrogen and oxygen atoms in total. The zero-order valence-electron chi connectivity index (χ0n) is 76.7. The number of aromatic nitrogens is 12. The van der Waals surface area contributed by atoms with E-state index in [9.17, 15) is 67.9 Å². The van der Waals surface area contributed by atoms with Crippen molar-refractivity contribution in [2.24, 2.45) is 53.6 Å². The van der Waals surface area contributed by atoms with Crippen molar-refractivity contribution in [2.45, 2.75) is 66.7 Å². The van der Waals surface area contributed by atoms with Crippen molar-refractivity contribution in [1.82, 2.24) is 84.7 Å². The van der Waals surface area contributed by atoms with E-state index >= 15 is 0 Å². The normalized spacial score (nSPS) is 19.0. The van der Waals surface area contributed by atoms with E-state index in [2.05, 4.69) is 85.2 Å². The van der Waals surface area contributed by atoms with Crippen molar-refractivity contribution in [3.63, 3.8) is 0 Å². The number of aliphatic imine (C=N–C) groups is 5. The molecule has 50 heteroatoms. The lowest BCUT2D eigenvalue weighted by molar-refractivity contribution is -0.130. The number of nitrogens with one attached hydrogen (secondary N) is 1. The highest BCUT2D eigenvalue weighted by molar-refractivity contribution is 7.13. The van der Waals surface area contributed by atoms with Gasteiger partial charge in [-0.2, -0.15) is 5.10 Å². The Bertz CT molecular complexity index is 7060. The van der Waals surface area contributed by atoms with Gasteiger partial charge >= 0.3 is 0 Å². The van der Waals surface area contributed by atoms with Gasteiger partial charge in [0.2, 0.25) is 0 Å². The van der Waals surface area contributed by atoms with Crippen LogP contribution in [0.1, 0.15) is 122 Å². The van der Waals surface area contributed by atoms with E-state index in [1.807, 2.05) is 0 Å². The predicted octanol–water partition coefficient (Wildman–Crippen LogP) is 17.1. The molecule has 20 rings (SSSR count).